The molecular formula is C27H23ClN4O3. The van der Waals surface area contributed by atoms with Crippen LogP contribution in [0.4, 0.5) is 0 Å². The van der Waals surface area contributed by atoms with Crippen LogP contribution in [0.1, 0.15) is 35.3 Å². The van der Waals surface area contributed by atoms with Crippen molar-refractivity contribution in [2.75, 3.05) is 7.11 Å². The van der Waals surface area contributed by atoms with Gasteiger partial charge in [-0.05, 0) is 41.3 Å². The van der Waals surface area contributed by atoms with Crippen LogP contribution in [-0.2, 0) is 17.9 Å². The first-order valence-electron chi connectivity index (χ1n) is 11.1. The molecule has 5 rings (SSSR count). The van der Waals surface area contributed by atoms with Gasteiger partial charge in [-0.3, -0.25) is 9.51 Å². The average Bonchev–Trinajstić information content (AvgIpc) is 3.46. The van der Waals surface area contributed by atoms with Gasteiger partial charge in [0.05, 0.1) is 10.5 Å². The van der Waals surface area contributed by atoms with Crippen molar-refractivity contribution in [3.05, 3.63) is 117 Å². The van der Waals surface area contributed by atoms with Crippen molar-refractivity contribution in [3.8, 4) is 0 Å². The summed E-state index contributed by atoms with van der Waals surface area (Å²) < 4.78 is 12.2. The first-order valence-corrected chi connectivity index (χ1v) is 11.5. The molecule has 3 aromatic carbocycles. The minimum atomic E-state index is -0.582. The number of H-pyrrole nitrogens is 1. The molecule has 0 unspecified atom stereocenters. The number of nitrogens with one attached hydrogen (secondary N) is 1. The van der Waals surface area contributed by atoms with Gasteiger partial charge in [-0.1, -0.05) is 77.4 Å². The number of para-hydroxylation sites is 1. The standard InChI is InChI=1S/C27H23ClN4O3/c1-17(26-30-27(33)35-31-26)24(19-7-4-3-5-8-19)20-13-11-18(12-14-20)15-32-22-10-6-9-21(28)25(22)29-23(32)16-34-2/h3-14H,15-16H2,1-2H3,(H,30,31,33)/b24-17+. The summed E-state index contributed by atoms with van der Waals surface area (Å²) in [6, 6.07) is 24.1. The van der Waals surface area contributed by atoms with Crippen molar-refractivity contribution < 1.29 is 9.26 Å². The Bertz CT molecular complexity index is 1560. The van der Waals surface area contributed by atoms with E-state index in [1.807, 2.05) is 55.5 Å². The van der Waals surface area contributed by atoms with Crippen LogP contribution in [0.15, 0.2) is 82.1 Å². The molecule has 0 atom stereocenters. The van der Waals surface area contributed by atoms with E-state index in [2.05, 4.69) is 39.0 Å². The zero-order chi connectivity index (χ0) is 24.4. The molecule has 0 aliphatic heterocycles. The summed E-state index contributed by atoms with van der Waals surface area (Å²) in [6.07, 6.45) is 0. The highest BCUT2D eigenvalue weighted by molar-refractivity contribution is 6.34. The molecule has 0 saturated carbocycles. The van der Waals surface area contributed by atoms with Crippen LogP contribution >= 0.6 is 11.6 Å². The molecule has 0 aliphatic carbocycles. The topological polar surface area (TPSA) is 85.9 Å². The molecule has 0 radical (unpaired) electrons. The molecule has 0 saturated heterocycles. The highest BCUT2D eigenvalue weighted by atomic mass is 35.5. The van der Waals surface area contributed by atoms with Crippen molar-refractivity contribution in [3.63, 3.8) is 0 Å². The summed E-state index contributed by atoms with van der Waals surface area (Å²) >= 11 is 6.39. The van der Waals surface area contributed by atoms with E-state index in [0.29, 0.717) is 24.0 Å². The third-order valence-electron chi connectivity index (χ3n) is 5.90. The van der Waals surface area contributed by atoms with Gasteiger partial charge in [0.25, 0.3) is 0 Å². The number of imidazole rings is 1. The van der Waals surface area contributed by atoms with Crippen LogP contribution in [-0.4, -0.2) is 26.8 Å². The Labute approximate surface area is 206 Å². The molecule has 2 heterocycles. The molecular weight excluding hydrogens is 464 g/mol. The molecule has 0 aliphatic rings. The maximum Gasteiger partial charge on any atom is 0.439 e. The number of aromatic amines is 1. The monoisotopic (exact) mass is 486 g/mol. The largest absolute Gasteiger partial charge is 0.439 e. The summed E-state index contributed by atoms with van der Waals surface area (Å²) in [5.41, 5.74) is 6.62. The third-order valence-corrected chi connectivity index (χ3v) is 6.20. The minimum Gasteiger partial charge on any atom is -0.377 e. The van der Waals surface area contributed by atoms with Gasteiger partial charge in [0, 0.05) is 19.2 Å². The Morgan fingerprint density at radius 1 is 1.03 bits per heavy atom. The van der Waals surface area contributed by atoms with Gasteiger partial charge in [0.15, 0.2) is 5.82 Å². The lowest BCUT2D eigenvalue weighted by molar-refractivity contribution is 0.175. The molecule has 7 nitrogen and oxygen atoms in total. The first kappa shape index (κ1) is 22.8. The molecule has 35 heavy (non-hydrogen) atoms. The normalized spacial score (nSPS) is 12.2. The molecule has 8 heteroatoms. The summed E-state index contributed by atoms with van der Waals surface area (Å²) in [4.78, 5) is 18.9. The van der Waals surface area contributed by atoms with E-state index in [0.717, 1.165) is 44.7 Å². The van der Waals surface area contributed by atoms with Crippen molar-refractivity contribution in [1.82, 2.24) is 19.7 Å². The number of hydrogen-bond acceptors (Lipinski definition) is 5. The highest BCUT2D eigenvalue weighted by Crippen LogP contribution is 2.31. The fraction of sp³-hybridized carbons (Fsp3) is 0.148. The van der Waals surface area contributed by atoms with Crippen molar-refractivity contribution in [1.29, 1.82) is 0 Å². The van der Waals surface area contributed by atoms with Crippen LogP contribution in [0.3, 0.4) is 0 Å². The maximum absolute atomic E-state index is 11.5. The van der Waals surface area contributed by atoms with Crippen LogP contribution in [0.25, 0.3) is 22.2 Å². The summed E-state index contributed by atoms with van der Waals surface area (Å²) in [5, 5.41) is 4.50. The average molecular weight is 487 g/mol. The SMILES string of the molecule is COCc1nc2c(Cl)cccc2n1Cc1ccc(/C(=C(\C)c2noc(=O)[nH]2)c2ccccc2)cc1. The summed E-state index contributed by atoms with van der Waals surface area (Å²) in [5.74, 6) is 0.640. The second-order valence-corrected chi connectivity index (χ2v) is 8.57. The number of fused-ring (bicyclic) bond motifs is 1. The van der Waals surface area contributed by atoms with Crippen LogP contribution in [0.2, 0.25) is 5.02 Å². The van der Waals surface area contributed by atoms with Gasteiger partial charge in [0.1, 0.15) is 17.9 Å². The lowest BCUT2D eigenvalue weighted by Crippen LogP contribution is -2.06. The number of methoxy groups -OCH3 is 1. The van der Waals surface area contributed by atoms with E-state index in [1.54, 1.807) is 7.11 Å². The van der Waals surface area contributed by atoms with Gasteiger partial charge < -0.3 is 9.30 Å². The zero-order valence-electron chi connectivity index (χ0n) is 19.3. The molecule has 2 aromatic heterocycles. The predicted molar refractivity (Wildman–Crippen MR) is 136 cm³/mol. The first-order chi connectivity index (χ1) is 17.0. The number of aromatic nitrogens is 4. The Balaban J connectivity index is 1.54. The van der Waals surface area contributed by atoms with E-state index >= 15 is 0 Å². The van der Waals surface area contributed by atoms with E-state index in [1.165, 1.54) is 0 Å². The van der Waals surface area contributed by atoms with Gasteiger partial charge >= 0.3 is 5.76 Å². The quantitative estimate of drug-likeness (QED) is 0.326. The van der Waals surface area contributed by atoms with Crippen LogP contribution < -0.4 is 5.76 Å². The third kappa shape index (κ3) is 4.56. The fourth-order valence-electron chi connectivity index (χ4n) is 4.25. The van der Waals surface area contributed by atoms with Crippen LogP contribution in [0.5, 0.6) is 0 Å². The highest BCUT2D eigenvalue weighted by Gasteiger charge is 2.16. The number of nitrogens with zero attached hydrogens (tertiary/aromatic N) is 3. The molecule has 1 N–H and O–H groups in total. The molecule has 0 amide bonds. The van der Waals surface area contributed by atoms with Crippen molar-refractivity contribution >= 4 is 33.8 Å². The second-order valence-electron chi connectivity index (χ2n) is 8.16. The van der Waals surface area contributed by atoms with Crippen molar-refractivity contribution in [2.45, 2.75) is 20.1 Å². The number of benzene rings is 3. The number of rotatable bonds is 7. The lowest BCUT2D eigenvalue weighted by Gasteiger charge is -2.14. The minimum absolute atomic E-state index is 0.388. The lowest BCUT2D eigenvalue weighted by atomic mass is 9.92. The van der Waals surface area contributed by atoms with Crippen LogP contribution in [0, 0.1) is 0 Å². The molecule has 0 bridgehead atoms. The summed E-state index contributed by atoms with van der Waals surface area (Å²) in [6.45, 7) is 2.93. The Hall–Kier alpha value is -3.94. The Kier molecular flexibility index (Phi) is 6.35. The smallest absolute Gasteiger partial charge is 0.377 e. The fourth-order valence-corrected chi connectivity index (χ4v) is 4.46. The number of ether oxygens (including phenoxy) is 1. The maximum atomic E-state index is 11.5. The Morgan fingerprint density at radius 3 is 2.46 bits per heavy atom. The van der Waals surface area contributed by atoms with E-state index in [-0.39, 0.29) is 0 Å². The number of halogens is 1. The number of allylic oxidation sites excluding steroid dienone is 1. The van der Waals surface area contributed by atoms with Gasteiger partial charge in [0.2, 0.25) is 0 Å². The number of hydrogen-bond donors (Lipinski definition) is 1. The zero-order valence-corrected chi connectivity index (χ0v) is 20.0. The van der Waals surface area contributed by atoms with Crippen molar-refractivity contribution in [2.24, 2.45) is 0 Å². The van der Waals surface area contributed by atoms with E-state index in [4.69, 9.17) is 25.8 Å². The molecule has 5 aromatic rings. The van der Waals surface area contributed by atoms with E-state index in [9.17, 15) is 4.79 Å². The van der Waals surface area contributed by atoms with Gasteiger partial charge in [-0.25, -0.2) is 9.78 Å². The second kappa shape index (κ2) is 9.74. The molecule has 0 spiro atoms. The molecule has 176 valence electrons. The Morgan fingerprint density at radius 2 is 1.77 bits per heavy atom. The van der Waals surface area contributed by atoms with Gasteiger partial charge in [-0.15, -0.1) is 0 Å². The predicted octanol–water partition coefficient (Wildman–Crippen LogP) is 5.54. The van der Waals surface area contributed by atoms with Gasteiger partial charge in [-0.2, -0.15) is 0 Å². The summed E-state index contributed by atoms with van der Waals surface area (Å²) in [7, 11) is 1.65. The molecule has 0 fully saturated rings. The van der Waals surface area contributed by atoms with E-state index < -0.39 is 5.76 Å².